The van der Waals surface area contributed by atoms with Crippen LogP contribution in [0.15, 0.2) is 36.7 Å². The zero-order valence-corrected chi connectivity index (χ0v) is 9.62. The van der Waals surface area contributed by atoms with Crippen LogP contribution in [0.25, 0.3) is 0 Å². The Hall–Kier alpha value is -1.95. The molecule has 2 aromatic rings. The fourth-order valence-electron chi connectivity index (χ4n) is 1.63. The molecule has 1 N–H and O–H groups in total. The highest BCUT2D eigenvalue weighted by Gasteiger charge is 2.13. The van der Waals surface area contributed by atoms with Gasteiger partial charge in [0.15, 0.2) is 0 Å². The van der Waals surface area contributed by atoms with E-state index in [0.717, 1.165) is 0 Å². The van der Waals surface area contributed by atoms with Crippen molar-refractivity contribution in [1.82, 2.24) is 9.78 Å². The molecule has 0 radical (unpaired) electrons. The second-order valence-corrected chi connectivity index (χ2v) is 3.80. The summed E-state index contributed by atoms with van der Waals surface area (Å²) in [4.78, 5) is 0. The van der Waals surface area contributed by atoms with Gasteiger partial charge >= 0.3 is 6.61 Å². The van der Waals surface area contributed by atoms with Gasteiger partial charge in [-0.15, -0.1) is 0 Å². The summed E-state index contributed by atoms with van der Waals surface area (Å²) in [6.07, 6.45) is 2.26. The lowest BCUT2D eigenvalue weighted by molar-refractivity contribution is -0.0499. The monoisotopic (exact) mass is 254 g/mol. The Morgan fingerprint density at radius 1 is 1.33 bits per heavy atom. The molecule has 0 aliphatic heterocycles. The summed E-state index contributed by atoms with van der Waals surface area (Å²) < 4.78 is 30.0. The van der Waals surface area contributed by atoms with E-state index in [0.29, 0.717) is 11.1 Å². The molecule has 96 valence electrons. The maximum absolute atomic E-state index is 12.1. The van der Waals surface area contributed by atoms with Crippen LogP contribution in [-0.2, 0) is 7.05 Å². The number of benzene rings is 1. The van der Waals surface area contributed by atoms with Gasteiger partial charge in [-0.3, -0.25) is 4.68 Å². The topological polar surface area (TPSA) is 47.3 Å². The second kappa shape index (κ2) is 5.14. The number of aryl methyl sites for hydroxylation is 1. The number of rotatable bonds is 4. The summed E-state index contributed by atoms with van der Waals surface area (Å²) in [7, 11) is 1.73. The van der Waals surface area contributed by atoms with Crippen molar-refractivity contribution in [3.05, 3.63) is 47.8 Å². The molecule has 0 saturated carbocycles. The molecule has 0 fully saturated rings. The zero-order chi connectivity index (χ0) is 13.1. The number of alkyl halides is 2. The molecule has 1 unspecified atom stereocenters. The Labute approximate surface area is 102 Å². The summed E-state index contributed by atoms with van der Waals surface area (Å²) in [6, 6.07) is 5.97. The van der Waals surface area contributed by atoms with Crippen LogP contribution in [0.1, 0.15) is 17.2 Å². The standard InChI is InChI=1S/C12H12F2N2O2/c1-16-7-9(6-15-16)11(17)8-3-2-4-10(5-8)18-12(13)14/h2-7,11-12,17H,1H3. The first-order valence-electron chi connectivity index (χ1n) is 5.27. The molecule has 4 nitrogen and oxygen atoms in total. The van der Waals surface area contributed by atoms with E-state index in [-0.39, 0.29) is 5.75 Å². The van der Waals surface area contributed by atoms with Crippen LogP contribution < -0.4 is 4.74 Å². The first-order valence-corrected chi connectivity index (χ1v) is 5.27. The molecular formula is C12H12F2N2O2. The van der Waals surface area contributed by atoms with Crippen molar-refractivity contribution in [2.24, 2.45) is 7.05 Å². The van der Waals surface area contributed by atoms with Crippen LogP contribution in [0.2, 0.25) is 0 Å². The normalized spacial score (nSPS) is 12.7. The lowest BCUT2D eigenvalue weighted by atomic mass is 10.0. The molecule has 1 aromatic carbocycles. The number of hydrogen-bond donors (Lipinski definition) is 1. The number of hydrogen-bond acceptors (Lipinski definition) is 3. The van der Waals surface area contributed by atoms with E-state index in [9.17, 15) is 13.9 Å². The SMILES string of the molecule is Cn1cc(C(O)c2cccc(OC(F)F)c2)cn1. The van der Waals surface area contributed by atoms with Crippen molar-refractivity contribution >= 4 is 0 Å². The zero-order valence-electron chi connectivity index (χ0n) is 9.62. The van der Waals surface area contributed by atoms with E-state index >= 15 is 0 Å². The fraction of sp³-hybridized carbons (Fsp3) is 0.250. The van der Waals surface area contributed by atoms with Crippen molar-refractivity contribution in [3.8, 4) is 5.75 Å². The van der Waals surface area contributed by atoms with Gasteiger partial charge in [-0.25, -0.2) is 0 Å². The predicted octanol–water partition coefficient (Wildman–Crippen LogP) is 2.10. The summed E-state index contributed by atoms with van der Waals surface area (Å²) in [5.74, 6) is 0.0189. The van der Waals surface area contributed by atoms with Crippen molar-refractivity contribution in [1.29, 1.82) is 0 Å². The number of halogens is 2. The highest BCUT2D eigenvalue weighted by atomic mass is 19.3. The number of aromatic nitrogens is 2. The Morgan fingerprint density at radius 3 is 2.72 bits per heavy atom. The van der Waals surface area contributed by atoms with E-state index < -0.39 is 12.7 Å². The largest absolute Gasteiger partial charge is 0.435 e. The molecule has 18 heavy (non-hydrogen) atoms. The van der Waals surface area contributed by atoms with E-state index in [2.05, 4.69) is 9.84 Å². The van der Waals surface area contributed by atoms with Crippen LogP contribution in [0.4, 0.5) is 8.78 Å². The van der Waals surface area contributed by atoms with Crippen molar-refractivity contribution in [2.45, 2.75) is 12.7 Å². The third-order valence-corrected chi connectivity index (χ3v) is 2.44. The Kier molecular flexibility index (Phi) is 3.57. The van der Waals surface area contributed by atoms with E-state index in [1.54, 1.807) is 30.1 Å². The Balaban J connectivity index is 2.22. The van der Waals surface area contributed by atoms with Gasteiger partial charge in [0.05, 0.1) is 6.20 Å². The molecule has 1 aromatic heterocycles. The van der Waals surface area contributed by atoms with Gasteiger partial charge in [0.25, 0.3) is 0 Å². The smallest absolute Gasteiger partial charge is 0.387 e. The first-order chi connectivity index (χ1) is 8.56. The van der Waals surface area contributed by atoms with Crippen molar-refractivity contribution in [3.63, 3.8) is 0 Å². The molecule has 2 rings (SSSR count). The van der Waals surface area contributed by atoms with Crippen LogP contribution in [0.3, 0.4) is 0 Å². The van der Waals surface area contributed by atoms with E-state index in [1.807, 2.05) is 0 Å². The van der Waals surface area contributed by atoms with Gasteiger partial charge in [0.1, 0.15) is 11.9 Å². The quantitative estimate of drug-likeness (QED) is 0.909. The second-order valence-electron chi connectivity index (χ2n) is 3.80. The van der Waals surface area contributed by atoms with Crippen LogP contribution in [0.5, 0.6) is 5.75 Å². The van der Waals surface area contributed by atoms with Crippen molar-refractivity contribution in [2.75, 3.05) is 0 Å². The third kappa shape index (κ3) is 2.84. The van der Waals surface area contributed by atoms with Crippen molar-refractivity contribution < 1.29 is 18.6 Å². The summed E-state index contributed by atoms with van der Waals surface area (Å²) >= 11 is 0. The molecule has 1 heterocycles. The molecule has 0 amide bonds. The van der Waals surface area contributed by atoms with Gasteiger partial charge in [-0.2, -0.15) is 13.9 Å². The summed E-state index contributed by atoms with van der Waals surface area (Å²) in [6.45, 7) is -2.88. The average Bonchev–Trinajstić information content (AvgIpc) is 2.74. The molecule has 0 aliphatic rings. The molecular weight excluding hydrogens is 242 g/mol. The first kappa shape index (κ1) is 12.5. The molecule has 0 saturated heterocycles. The Bertz CT molecular complexity index is 528. The lowest BCUT2D eigenvalue weighted by Gasteiger charge is -2.11. The highest BCUT2D eigenvalue weighted by Crippen LogP contribution is 2.25. The number of nitrogens with zero attached hydrogens (tertiary/aromatic N) is 2. The molecule has 6 heteroatoms. The number of aliphatic hydroxyl groups is 1. The third-order valence-electron chi connectivity index (χ3n) is 2.44. The molecule has 0 bridgehead atoms. The molecule has 0 spiro atoms. The van der Waals surface area contributed by atoms with Crippen LogP contribution >= 0.6 is 0 Å². The maximum Gasteiger partial charge on any atom is 0.387 e. The minimum Gasteiger partial charge on any atom is -0.435 e. The van der Waals surface area contributed by atoms with E-state index in [4.69, 9.17) is 0 Å². The maximum atomic E-state index is 12.1. The summed E-state index contributed by atoms with van der Waals surface area (Å²) in [5.41, 5.74) is 1.06. The minimum atomic E-state index is -2.88. The average molecular weight is 254 g/mol. The van der Waals surface area contributed by atoms with Gasteiger partial charge in [-0.05, 0) is 17.7 Å². The number of ether oxygens (including phenoxy) is 1. The van der Waals surface area contributed by atoms with E-state index in [1.165, 1.54) is 18.3 Å². The minimum absolute atomic E-state index is 0.0189. The van der Waals surface area contributed by atoms with Crippen LogP contribution in [-0.4, -0.2) is 21.5 Å². The fourth-order valence-corrected chi connectivity index (χ4v) is 1.63. The molecule has 0 aliphatic carbocycles. The lowest BCUT2D eigenvalue weighted by Crippen LogP contribution is -2.03. The predicted molar refractivity (Wildman–Crippen MR) is 60.3 cm³/mol. The van der Waals surface area contributed by atoms with Gasteiger partial charge in [-0.1, -0.05) is 12.1 Å². The van der Waals surface area contributed by atoms with Gasteiger partial charge < -0.3 is 9.84 Å². The van der Waals surface area contributed by atoms with Gasteiger partial charge in [0, 0.05) is 18.8 Å². The molecule has 1 atom stereocenters. The highest BCUT2D eigenvalue weighted by molar-refractivity contribution is 5.34. The summed E-state index contributed by atoms with van der Waals surface area (Å²) in [5, 5.41) is 14.0. The van der Waals surface area contributed by atoms with Gasteiger partial charge in [0.2, 0.25) is 0 Å². The number of aliphatic hydroxyl groups excluding tert-OH is 1. The Morgan fingerprint density at radius 2 is 2.11 bits per heavy atom. The van der Waals surface area contributed by atoms with Crippen LogP contribution in [0, 0.1) is 0 Å².